The van der Waals surface area contributed by atoms with Crippen LogP contribution in [0.2, 0.25) is 0 Å². The molecule has 1 atom stereocenters. The second kappa shape index (κ2) is 5.47. The van der Waals surface area contributed by atoms with Gasteiger partial charge in [-0.1, -0.05) is 0 Å². The summed E-state index contributed by atoms with van der Waals surface area (Å²) in [7, 11) is 0. The van der Waals surface area contributed by atoms with E-state index < -0.39 is 0 Å². The van der Waals surface area contributed by atoms with Crippen LogP contribution in [-0.4, -0.2) is 49.2 Å². The smallest absolute Gasteiger partial charge is 0.209 e. The summed E-state index contributed by atoms with van der Waals surface area (Å²) >= 11 is 0. The number of amides is 1. The molecule has 0 radical (unpaired) electrons. The molecule has 0 saturated carbocycles. The van der Waals surface area contributed by atoms with Gasteiger partial charge in [-0.05, 0) is 33.7 Å². The van der Waals surface area contributed by atoms with Crippen molar-refractivity contribution in [2.24, 2.45) is 0 Å². The van der Waals surface area contributed by atoms with Gasteiger partial charge in [0, 0.05) is 18.6 Å². The fraction of sp³-hybridized carbons (Fsp3) is 0.909. The molecule has 1 fully saturated rings. The molecule has 88 valence electrons. The zero-order valence-corrected chi connectivity index (χ0v) is 9.95. The first-order valence-corrected chi connectivity index (χ1v) is 5.57. The fourth-order valence-corrected chi connectivity index (χ4v) is 1.62. The zero-order chi connectivity index (χ0) is 11.3. The number of morpholine rings is 1. The number of hydrogen-bond acceptors (Lipinski definition) is 3. The Morgan fingerprint density at radius 2 is 2.27 bits per heavy atom. The third kappa shape index (κ3) is 5.14. The molecule has 1 amide bonds. The third-order valence-electron chi connectivity index (χ3n) is 2.44. The average Bonchev–Trinajstić information content (AvgIpc) is 2.16. The molecule has 0 unspecified atom stereocenters. The SMILES string of the molecule is CC(C)(C)NCC[C@@H]1CN(C=O)CCO1. The van der Waals surface area contributed by atoms with E-state index in [-0.39, 0.29) is 11.6 Å². The topological polar surface area (TPSA) is 41.6 Å². The van der Waals surface area contributed by atoms with E-state index in [1.807, 2.05) is 0 Å². The molecule has 0 bridgehead atoms. The number of nitrogens with zero attached hydrogens (tertiary/aromatic N) is 1. The van der Waals surface area contributed by atoms with Crippen LogP contribution in [0, 0.1) is 0 Å². The molecular weight excluding hydrogens is 192 g/mol. The zero-order valence-electron chi connectivity index (χ0n) is 9.95. The van der Waals surface area contributed by atoms with E-state index in [0.29, 0.717) is 6.61 Å². The van der Waals surface area contributed by atoms with Gasteiger partial charge in [-0.15, -0.1) is 0 Å². The summed E-state index contributed by atoms with van der Waals surface area (Å²) < 4.78 is 5.58. The number of carbonyl (C=O) groups excluding carboxylic acids is 1. The minimum atomic E-state index is 0.152. The first kappa shape index (κ1) is 12.5. The van der Waals surface area contributed by atoms with E-state index in [9.17, 15) is 4.79 Å². The summed E-state index contributed by atoms with van der Waals surface area (Å²) in [5.74, 6) is 0. The molecular formula is C11H22N2O2. The van der Waals surface area contributed by atoms with Crippen LogP contribution in [-0.2, 0) is 9.53 Å². The highest BCUT2D eigenvalue weighted by Gasteiger charge is 2.19. The lowest BCUT2D eigenvalue weighted by molar-refractivity contribution is -0.125. The first-order valence-electron chi connectivity index (χ1n) is 5.57. The molecule has 1 saturated heterocycles. The monoisotopic (exact) mass is 214 g/mol. The van der Waals surface area contributed by atoms with Gasteiger partial charge in [0.15, 0.2) is 0 Å². The Balaban J connectivity index is 2.18. The van der Waals surface area contributed by atoms with Gasteiger partial charge in [-0.25, -0.2) is 0 Å². The number of ether oxygens (including phenoxy) is 1. The van der Waals surface area contributed by atoms with Crippen molar-refractivity contribution in [2.45, 2.75) is 38.8 Å². The third-order valence-corrected chi connectivity index (χ3v) is 2.44. The number of hydrogen-bond donors (Lipinski definition) is 1. The Morgan fingerprint density at radius 1 is 1.53 bits per heavy atom. The first-order chi connectivity index (χ1) is 7.01. The van der Waals surface area contributed by atoms with Crippen LogP contribution >= 0.6 is 0 Å². The summed E-state index contributed by atoms with van der Waals surface area (Å²) in [4.78, 5) is 12.4. The van der Waals surface area contributed by atoms with Crippen molar-refractivity contribution in [3.05, 3.63) is 0 Å². The Bertz CT molecular complexity index is 201. The fourth-order valence-electron chi connectivity index (χ4n) is 1.62. The molecule has 0 aromatic rings. The van der Waals surface area contributed by atoms with Crippen molar-refractivity contribution in [3.8, 4) is 0 Å². The van der Waals surface area contributed by atoms with Crippen LogP contribution in [0.5, 0.6) is 0 Å². The normalized spacial score (nSPS) is 22.9. The molecule has 0 aromatic heterocycles. The van der Waals surface area contributed by atoms with Crippen LogP contribution in [0.1, 0.15) is 27.2 Å². The summed E-state index contributed by atoms with van der Waals surface area (Å²) in [6, 6.07) is 0. The van der Waals surface area contributed by atoms with Gasteiger partial charge in [0.1, 0.15) is 0 Å². The van der Waals surface area contributed by atoms with Gasteiger partial charge in [0.2, 0.25) is 6.41 Å². The molecule has 1 N–H and O–H groups in total. The maximum Gasteiger partial charge on any atom is 0.209 e. The molecule has 0 aromatic carbocycles. The van der Waals surface area contributed by atoms with Crippen molar-refractivity contribution >= 4 is 6.41 Å². The van der Waals surface area contributed by atoms with Gasteiger partial charge < -0.3 is 15.0 Å². The lowest BCUT2D eigenvalue weighted by Gasteiger charge is -2.31. The second-order valence-corrected chi connectivity index (χ2v) is 5.06. The van der Waals surface area contributed by atoms with Gasteiger partial charge in [-0.2, -0.15) is 0 Å². The Hall–Kier alpha value is -0.610. The maximum atomic E-state index is 10.6. The standard InChI is InChI=1S/C11H22N2O2/c1-11(2,3)12-5-4-10-8-13(9-14)6-7-15-10/h9-10,12H,4-8H2,1-3H3/t10-/m1/s1. The summed E-state index contributed by atoms with van der Waals surface area (Å²) in [6.45, 7) is 9.49. The quantitative estimate of drug-likeness (QED) is 0.698. The molecule has 0 spiro atoms. The Labute approximate surface area is 92.0 Å². The van der Waals surface area contributed by atoms with E-state index in [4.69, 9.17) is 4.74 Å². The molecule has 1 heterocycles. The summed E-state index contributed by atoms with van der Waals surface area (Å²) in [6.07, 6.45) is 2.06. The van der Waals surface area contributed by atoms with Gasteiger partial charge >= 0.3 is 0 Å². The van der Waals surface area contributed by atoms with E-state index >= 15 is 0 Å². The molecule has 1 aliphatic heterocycles. The van der Waals surface area contributed by atoms with Crippen molar-refractivity contribution < 1.29 is 9.53 Å². The highest BCUT2D eigenvalue weighted by Crippen LogP contribution is 2.07. The minimum absolute atomic E-state index is 0.152. The number of nitrogens with one attached hydrogen (secondary N) is 1. The van der Waals surface area contributed by atoms with Gasteiger partial charge in [0.25, 0.3) is 0 Å². The minimum Gasteiger partial charge on any atom is -0.374 e. The molecule has 1 aliphatic rings. The molecule has 4 nitrogen and oxygen atoms in total. The second-order valence-electron chi connectivity index (χ2n) is 5.06. The lowest BCUT2D eigenvalue weighted by Crippen LogP contribution is -2.44. The van der Waals surface area contributed by atoms with Crippen LogP contribution in [0.4, 0.5) is 0 Å². The van der Waals surface area contributed by atoms with Crippen molar-refractivity contribution in [1.82, 2.24) is 10.2 Å². The van der Waals surface area contributed by atoms with Crippen LogP contribution in [0.3, 0.4) is 0 Å². The predicted octanol–water partition coefficient (Wildman–Crippen LogP) is 0.622. The molecule has 1 rings (SSSR count). The number of rotatable bonds is 4. The van der Waals surface area contributed by atoms with E-state index in [2.05, 4.69) is 26.1 Å². The summed E-state index contributed by atoms with van der Waals surface area (Å²) in [5, 5.41) is 3.42. The van der Waals surface area contributed by atoms with Crippen molar-refractivity contribution in [3.63, 3.8) is 0 Å². The van der Waals surface area contributed by atoms with Gasteiger partial charge in [0.05, 0.1) is 12.7 Å². The van der Waals surface area contributed by atoms with E-state index in [1.165, 1.54) is 0 Å². The van der Waals surface area contributed by atoms with E-state index in [1.54, 1.807) is 4.90 Å². The molecule has 0 aliphatic carbocycles. The van der Waals surface area contributed by atoms with Crippen LogP contribution in [0.15, 0.2) is 0 Å². The van der Waals surface area contributed by atoms with E-state index in [0.717, 1.165) is 32.5 Å². The lowest BCUT2D eigenvalue weighted by atomic mass is 10.1. The Kier molecular flexibility index (Phi) is 4.54. The highest BCUT2D eigenvalue weighted by molar-refractivity contribution is 5.47. The molecule has 4 heteroatoms. The van der Waals surface area contributed by atoms with Crippen molar-refractivity contribution in [1.29, 1.82) is 0 Å². The predicted molar refractivity (Wildman–Crippen MR) is 59.7 cm³/mol. The van der Waals surface area contributed by atoms with Crippen LogP contribution < -0.4 is 5.32 Å². The average molecular weight is 214 g/mol. The summed E-state index contributed by atoms with van der Waals surface area (Å²) in [5.41, 5.74) is 0.152. The van der Waals surface area contributed by atoms with Crippen molar-refractivity contribution in [2.75, 3.05) is 26.2 Å². The molecule has 15 heavy (non-hydrogen) atoms. The largest absolute Gasteiger partial charge is 0.374 e. The van der Waals surface area contributed by atoms with Gasteiger partial charge in [-0.3, -0.25) is 4.79 Å². The maximum absolute atomic E-state index is 10.6. The number of carbonyl (C=O) groups is 1. The highest BCUT2D eigenvalue weighted by atomic mass is 16.5. The Morgan fingerprint density at radius 3 is 2.87 bits per heavy atom. The van der Waals surface area contributed by atoms with Crippen LogP contribution in [0.25, 0.3) is 0 Å².